The van der Waals surface area contributed by atoms with E-state index in [0.29, 0.717) is 0 Å². The van der Waals surface area contributed by atoms with Gasteiger partial charge in [0.1, 0.15) is 0 Å². The lowest BCUT2D eigenvalue weighted by Gasteiger charge is -2.06. The third-order valence-corrected chi connectivity index (χ3v) is 3.87. The first-order chi connectivity index (χ1) is 11.8. The molecule has 2 aliphatic heterocycles. The zero-order valence-corrected chi connectivity index (χ0v) is 13.1. The lowest BCUT2D eigenvalue weighted by molar-refractivity contribution is -0.149. The molecular formula is C18H12O7. The number of esters is 3. The van der Waals surface area contributed by atoms with E-state index in [1.165, 1.54) is 30.4 Å². The summed E-state index contributed by atoms with van der Waals surface area (Å²) < 4.78 is 9.10. The van der Waals surface area contributed by atoms with Gasteiger partial charge in [0, 0.05) is 16.7 Å². The molecule has 25 heavy (non-hydrogen) atoms. The second kappa shape index (κ2) is 5.95. The molecule has 3 rings (SSSR count). The van der Waals surface area contributed by atoms with Crippen molar-refractivity contribution in [1.82, 2.24) is 0 Å². The first-order valence-corrected chi connectivity index (χ1v) is 7.25. The SMILES string of the molecule is C=C1C(=O)OC(O)/C1=C/C(=C\C)C(=O)c1ccc2c(c1)C(=O)OC2=O. The molecule has 0 aliphatic carbocycles. The second-order valence-electron chi connectivity index (χ2n) is 5.35. The van der Waals surface area contributed by atoms with Gasteiger partial charge in [-0.05, 0) is 25.1 Å². The summed E-state index contributed by atoms with van der Waals surface area (Å²) in [4.78, 5) is 47.1. The molecule has 1 aromatic rings. The molecule has 1 atom stereocenters. The Morgan fingerprint density at radius 3 is 2.44 bits per heavy atom. The molecule has 7 heteroatoms. The molecule has 0 aromatic heterocycles. The Morgan fingerprint density at radius 2 is 1.84 bits per heavy atom. The molecule has 0 amide bonds. The van der Waals surface area contributed by atoms with Crippen molar-refractivity contribution in [2.45, 2.75) is 13.2 Å². The van der Waals surface area contributed by atoms with E-state index in [9.17, 15) is 24.3 Å². The largest absolute Gasteiger partial charge is 0.428 e. The van der Waals surface area contributed by atoms with E-state index in [4.69, 9.17) is 0 Å². The minimum atomic E-state index is -1.49. The number of carbonyl (C=O) groups is 4. The van der Waals surface area contributed by atoms with Crippen LogP contribution in [-0.2, 0) is 14.3 Å². The maximum atomic E-state index is 12.7. The molecule has 0 saturated carbocycles. The van der Waals surface area contributed by atoms with Crippen LogP contribution in [0.3, 0.4) is 0 Å². The molecule has 2 aliphatic rings. The zero-order valence-electron chi connectivity index (χ0n) is 13.1. The smallest absolute Gasteiger partial charge is 0.346 e. The highest BCUT2D eigenvalue weighted by Gasteiger charge is 2.33. The number of benzene rings is 1. The van der Waals surface area contributed by atoms with Crippen LogP contribution in [0.4, 0.5) is 0 Å². The molecule has 1 N–H and O–H groups in total. The third-order valence-electron chi connectivity index (χ3n) is 3.87. The fourth-order valence-electron chi connectivity index (χ4n) is 2.50. The Kier molecular flexibility index (Phi) is 3.94. The van der Waals surface area contributed by atoms with Gasteiger partial charge < -0.3 is 14.6 Å². The maximum absolute atomic E-state index is 12.7. The molecule has 2 heterocycles. The third kappa shape index (κ3) is 2.70. The number of hydrogen-bond acceptors (Lipinski definition) is 7. The minimum absolute atomic E-state index is 0.0165. The Labute approximate surface area is 141 Å². The van der Waals surface area contributed by atoms with Crippen LogP contribution in [0, 0.1) is 0 Å². The number of ketones is 1. The van der Waals surface area contributed by atoms with Gasteiger partial charge in [-0.3, -0.25) is 4.79 Å². The highest BCUT2D eigenvalue weighted by molar-refractivity contribution is 6.17. The minimum Gasteiger partial charge on any atom is -0.428 e. The van der Waals surface area contributed by atoms with E-state index in [0.717, 1.165) is 0 Å². The molecule has 1 aromatic carbocycles. The van der Waals surface area contributed by atoms with Gasteiger partial charge in [-0.2, -0.15) is 0 Å². The lowest BCUT2D eigenvalue weighted by Crippen LogP contribution is -2.09. The van der Waals surface area contributed by atoms with Crippen molar-refractivity contribution in [1.29, 1.82) is 0 Å². The van der Waals surface area contributed by atoms with Crippen LogP contribution in [0.25, 0.3) is 0 Å². The average Bonchev–Trinajstić information content (AvgIpc) is 3.00. The molecule has 0 bridgehead atoms. The molecule has 1 fully saturated rings. The fraction of sp³-hybridized carbons (Fsp3) is 0.111. The second-order valence-corrected chi connectivity index (χ2v) is 5.35. The van der Waals surface area contributed by atoms with Crippen molar-refractivity contribution in [3.8, 4) is 0 Å². The highest BCUT2D eigenvalue weighted by Crippen LogP contribution is 2.27. The van der Waals surface area contributed by atoms with Crippen molar-refractivity contribution in [2.75, 3.05) is 0 Å². The van der Waals surface area contributed by atoms with Gasteiger partial charge in [0.25, 0.3) is 0 Å². The van der Waals surface area contributed by atoms with E-state index in [1.807, 2.05) is 0 Å². The van der Waals surface area contributed by atoms with E-state index in [1.54, 1.807) is 6.92 Å². The highest BCUT2D eigenvalue weighted by atomic mass is 16.6. The van der Waals surface area contributed by atoms with Crippen molar-refractivity contribution < 1.29 is 33.8 Å². The number of carbonyl (C=O) groups excluding carboxylic acids is 4. The van der Waals surface area contributed by atoms with Crippen LogP contribution in [0.5, 0.6) is 0 Å². The number of allylic oxidation sites excluding steroid dienone is 3. The van der Waals surface area contributed by atoms with Crippen LogP contribution in [0.2, 0.25) is 0 Å². The van der Waals surface area contributed by atoms with Gasteiger partial charge in [-0.25, -0.2) is 14.4 Å². The summed E-state index contributed by atoms with van der Waals surface area (Å²) in [7, 11) is 0. The monoisotopic (exact) mass is 340 g/mol. The average molecular weight is 340 g/mol. The van der Waals surface area contributed by atoms with Crippen molar-refractivity contribution in [2.24, 2.45) is 0 Å². The topological polar surface area (TPSA) is 107 Å². The predicted molar refractivity (Wildman–Crippen MR) is 83.6 cm³/mol. The summed E-state index contributed by atoms with van der Waals surface area (Å²) in [5.41, 5.74) is 0.472. The van der Waals surface area contributed by atoms with Crippen LogP contribution >= 0.6 is 0 Å². The number of hydrogen-bond donors (Lipinski definition) is 1. The zero-order chi connectivity index (χ0) is 18.3. The molecule has 126 valence electrons. The fourth-order valence-corrected chi connectivity index (χ4v) is 2.50. The summed E-state index contributed by atoms with van der Waals surface area (Å²) in [5.74, 6) is -2.80. The number of fused-ring (bicyclic) bond motifs is 1. The molecular weight excluding hydrogens is 328 g/mol. The van der Waals surface area contributed by atoms with E-state index >= 15 is 0 Å². The van der Waals surface area contributed by atoms with E-state index in [2.05, 4.69) is 16.1 Å². The van der Waals surface area contributed by atoms with Crippen molar-refractivity contribution in [3.05, 3.63) is 70.3 Å². The summed E-state index contributed by atoms with van der Waals surface area (Å²) >= 11 is 0. The van der Waals surface area contributed by atoms with Gasteiger partial charge >= 0.3 is 17.9 Å². The number of rotatable bonds is 3. The Hall–Kier alpha value is -3.32. The molecule has 1 unspecified atom stereocenters. The summed E-state index contributed by atoms with van der Waals surface area (Å²) in [6, 6.07) is 4.01. The Bertz CT molecular complexity index is 917. The summed E-state index contributed by atoms with van der Waals surface area (Å²) in [6.45, 7) is 5.11. The first-order valence-electron chi connectivity index (χ1n) is 7.25. The predicted octanol–water partition coefficient (Wildman–Crippen LogP) is 1.48. The normalized spacial score (nSPS) is 21.4. The number of cyclic esters (lactones) is 3. The molecule has 7 nitrogen and oxygen atoms in total. The standard InChI is InChI=1S/C18H12O7/c1-3-9(6-12-8(2)15(20)24-17(12)22)14(19)10-4-5-11-13(7-10)18(23)25-16(11)21/h3-7,17,22H,2H2,1H3/b9-3+,12-6+. The molecule has 1 saturated heterocycles. The summed E-state index contributed by atoms with van der Waals surface area (Å²) in [6.07, 6.45) is 1.29. The quantitative estimate of drug-likeness (QED) is 0.384. The van der Waals surface area contributed by atoms with Crippen LogP contribution < -0.4 is 0 Å². The van der Waals surface area contributed by atoms with Crippen LogP contribution in [0.1, 0.15) is 38.0 Å². The number of Topliss-reactive ketones (excluding diaryl/α,β-unsaturated/α-hetero) is 1. The number of aliphatic hydroxyl groups excluding tert-OH is 1. The number of ether oxygens (including phenoxy) is 2. The van der Waals surface area contributed by atoms with Gasteiger partial charge in [-0.15, -0.1) is 0 Å². The Morgan fingerprint density at radius 1 is 1.16 bits per heavy atom. The van der Waals surface area contributed by atoms with Gasteiger partial charge in [0.05, 0.1) is 16.7 Å². The molecule has 0 spiro atoms. The molecule has 0 radical (unpaired) electrons. The van der Waals surface area contributed by atoms with E-state index in [-0.39, 0.29) is 33.4 Å². The maximum Gasteiger partial charge on any atom is 0.346 e. The first kappa shape index (κ1) is 16.5. The lowest BCUT2D eigenvalue weighted by atomic mass is 9.96. The summed E-state index contributed by atoms with van der Waals surface area (Å²) in [5, 5.41) is 9.71. The van der Waals surface area contributed by atoms with Gasteiger partial charge in [0.2, 0.25) is 6.29 Å². The van der Waals surface area contributed by atoms with Gasteiger partial charge in [-0.1, -0.05) is 18.7 Å². The Balaban J connectivity index is 1.96. The van der Waals surface area contributed by atoms with Crippen LogP contribution in [-0.4, -0.2) is 35.1 Å². The van der Waals surface area contributed by atoms with Crippen LogP contribution in [0.15, 0.2) is 53.6 Å². The van der Waals surface area contributed by atoms with Crippen molar-refractivity contribution in [3.63, 3.8) is 0 Å². The number of aliphatic hydroxyl groups is 1. The van der Waals surface area contributed by atoms with Gasteiger partial charge in [0.15, 0.2) is 5.78 Å². The van der Waals surface area contributed by atoms with Crippen molar-refractivity contribution >= 4 is 23.7 Å². The van der Waals surface area contributed by atoms with E-state index < -0.39 is 30.0 Å².